The van der Waals surface area contributed by atoms with Gasteiger partial charge in [0, 0.05) is 37.2 Å². The van der Waals surface area contributed by atoms with Crippen LogP contribution in [-0.2, 0) is 16.6 Å². The normalized spacial score (nSPS) is 17.0. The quantitative estimate of drug-likeness (QED) is 0.901. The second-order valence-electron chi connectivity index (χ2n) is 5.40. The van der Waals surface area contributed by atoms with Crippen LogP contribution >= 0.6 is 0 Å². The van der Waals surface area contributed by atoms with Gasteiger partial charge in [-0.25, -0.2) is 0 Å². The van der Waals surface area contributed by atoms with Crippen molar-refractivity contribution in [3.8, 4) is 0 Å². The maximum atomic E-state index is 12.2. The molecule has 2 N–H and O–H groups in total. The minimum Gasteiger partial charge on any atom is -0.368 e. The van der Waals surface area contributed by atoms with E-state index in [1.807, 2.05) is 0 Å². The summed E-state index contributed by atoms with van der Waals surface area (Å²) in [6.07, 6.45) is 2.96. The van der Waals surface area contributed by atoms with Crippen molar-refractivity contribution < 1.29 is 14.3 Å². The fourth-order valence-electron chi connectivity index (χ4n) is 2.42. The Kier molecular flexibility index (Phi) is 4.38. The van der Waals surface area contributed by atoms with Gasteiger partial charge >= 0.3 is 0 Å². The Morgan fingerprint density at radius 3 is 2.87 bits per heavy atom. The van der Waals surface area contributed by atoms with E-state index in [-0.39, 0.29) is 11.8 Å². The fourth-order valence-corrected chi connectivity index (χ4v) is 2.42. The largest absolute Gasteiger partial charge is 0.368 e. The number of ether oxygens (including phenoxy) is 1. The second kappa shape index (κ2) is 6.62. The number of benzene rings is 1. The van der Waals surface area contributed by atoms with Crippen molar-refractivity contribution in [2.75, 3.05) is 17.2 Å². The summed E-state index contributed by atoms with van der Waals surface area (Å²) in [6, 6.07) is 8.48. The van der Waals surface area contributed by atoms with E-state index < -0.39 is 6.10 Å². The van der Waals surface area contributed by atoms with Gasteiger partial charge in [-0.3, -0.25) is 14.3 Å². The third-order valence-electron chi connectivity index (χ3n) is 3.57. The number of carbonyl (C=O) groups is 2. The molecule has 2 amide bonds. The van der Waals surface area contributed by atoms with Crippen LogP contribution in [0.15, 0.2) is 36.5 Å². The molecule has 23 heavy (non-hydrogen) atoms. The van der Waals surface area contributed by atoms with Crippen molar-refractivity contribution in [3.63, 3.8) is 0 Å². The molecular weight excluding hydrogens is 296 g/mol. The summed E-state index contributed by atoms with van der Waals surface area (Å²) in [4.78, 5) is 24.3. The van der Waals surface area contributed by atoms with Crippen LogP contribution < -0.4 is 10.6 Å². The zero-order valence-corrected chi connectivity index (χ0v) is 12.8. The molecule has 1 saturated heterocycles. The molecule has 1 aliphatic rings. The average Bonchev–Trinajstić information content (AvgIpc) is 3.19. The number of hydrogen-bond donors (Lipinski definition) is 2. The van der Waals surface area contributed by atoms with E-state index in [4.69, 9.17) is 4.74 Å². The summed E-state index contributed by atoms with van der Waals surface area (Å²) in [5.74, 6) is 0.0213. The highest BCUT2D eigenvalue weighted by atomic mass is 16.5. The van der Waals surface area contributed by atoms with Crippen molar-refractivity contribution in [2.45, 2.75) is 18.9 Å². The maximum absolute atomic E-state index is 12.2. The summed E-state index contributed by atoms with van der Waals surface area (Å²) in [7, 11) is 1.77. The molecule has 0 spiro atoms. The van der Waals surface area contributed by atoms with Crippen LogP contribution in [-0.4, -0.2) is 34.3 Å². The Bertz CT molecular complexity index is 720. The number of nitrogens with one attached hydrogen (secondary N) is 2. The Morgan fingerprint density at radius 1 is 1.30 bits per heavy atom. The minimum atomic E-state index is -0.402. The average molecular weight is 314 g/mol. The minimum absolute atomic E-state index is 0.176. The van der Waals surface area contributed by atoms with Gasteiger partial charge in [0.1, 0.15) is 6.10 Å². The van der Waals surface area contributed by atoms with E-state index in [2.05, 4.69) is 15.7 Å². The molecule has 1 aromatic carbocycles. The summed E-state index contributed by atoms with van der Waals surface area (Å²) < 4.78 is 6.95. The molecule has 2 heterocycles. The van der Waals surface area contributed by atoms with Gasteiger partial charge in [-0.15, -0.1) is 0 Å². The molecule has 1 atom stereocenters. The van der Waals surface area contributed by atoms with Crippen molar-refractivity contribution in [1.29, 1.82) is 0 Å². The zero-order valence-electron chi connectivity index (χ0n) is 12.8. The van der Waals surface area contributed by atoms with Gasteiger partial charge in [0.05, 0.1) is 0 Å². The second-order valence-corrected chi connectivity index (χ2v) is 5.40. The third-order valence-corrected chi connectivity index (χ3v) is 3.57. The Labute approximate surface area is 133 Å². The molecule has 0 radical (unpaired) electrons. The molecular formula is C16H18N4O3. The molecule has 7 nitrogen and oxygen atoms in total. The standard InChI is InChI=1S/C16H18N4O3/c1-20-8-7-14(19-20)18-15(21)11-4-2-5-12(10-11)17-16(22)13-6-3-9-23-13/h2,4-5,7-8,10,13H,3,6,9H2,1H3,(H,17,22)(H,18,19,21). The van der Waals surface area contributed by atoms with Crippen LogP contribution in [0.25, 0.3) is 0 Å². The molecule has 0 bridgehead atoms. The van der Waals surface area contributed by atoms with E-state index in [1.165, 1.54) is 0 Å². The maximum Gasteiger partial charge on any atom is 0.256 e. The number of nitrogens with zero attached hydrogens (tertiary/aromatic N) is 2. The Morgan fingerprint density at radius 2 is 2.17 bits per heavy atom. The molecule has 1 fully saturated rings. The van der Waals surface area contributed by atoms with Crippen molar-refractivity contribution in [2.24, 2.45) is 7.05 Å². The Hall–Kier alpha value is -2.67. The molecule has 1 unspecified atom stereocenters. The van der Waals surface area contributed by atoms with E-state index in [1.54, 1.807) is 48.3 Å². The number of aromatic nitrogens is 2. The van der Waals surface area contributed by atoms with Gasteiger partial charge in [-0.05, 0) is 31.0 Å². The van der Waals surface area contributed by atoms with Crippen molar-refractivity contribution in [3.05, 3.63) is 42.1 Å². The van der Waals surface area contributed by atoms with E-state index in [0.717, 1.165) is 12.8 Å². The third kappa shape index (κ3) is 3.75. The zero-order chi connectivity index (χ0) is 16.2. The van der Waals surface area contributed by atoms with Gasteiger partial charge in [-0.1, -0.05) is 6.07 Å². The highest BCUT2D eigenvalue weighted by molar-refractivity contribution is 6.05. The first kappa shape index (κ1) is 15.2. The number of carbonyl (C=O) groups excluding carboxylic acids is 2. The monoisotopic (exact) mass is 314 g/mol. The molecule has 1 aliphatic heterocycles. The number of hydrogen-bond acceptors (Lipinski definition) is 4. The van der Waals surface area contributed by atoms with Crippen LogP contribution in [0.1, 0.15) is 23.2 Å². The molecule has 0 aliphatic carbocycles. The van der Waals surface area contributed by atoms with Crippen LogP contribution in [0.4, 0.5) is 11.5 Å². The summed E-state index contributed by atoms with van der Waals surface area (Å²) in [6.45, 7) is 0.616. The first-order chi connectivity index (χ1) is 11.1. The molecule has 2 aromatic rings. The smallest absolute Gasteiger partial charge is 0.256 e. The predicted octanol–water partition coefficient (Wildman–Crippen LogP) is 1.79. The highest BCUT2D eigenvalue weighted by Crippen LogP contribution is 2.17. The fraction of sp³-hybridized carbons (Fsp3) is 0.312. The van der Waals surface area contributed by atoms with E-state index >= 15 is 0 Å². The summed E-state index contributed by atoms with van der Waals surface area (Å²) in [5, 5.41) is 9.59. The Balaban J connectivity index is 1.66. The van der Waals surface area contributed by atoms with Gasteiger partial charge in [0.15, 0.2) is 5.82 Å². The molecule has 0 saturated carbocycles. The first-order valence-electron chi connectivity index (χ1n) is 7.45. The lowest BCUT2D eigenvalue weighted by molar-refractivity contribution is -0.124. The van der Waals surface area contributed by atoms with Gasteiger partial charge in [0.25, 0.3) is 11.8 Å². The number of aryl methyl sites for hydroxylation is 1. The van der Waals surface area contributed by atoms with Crippen molar-refractivity contribution >= 4 is 23.3 Å². The molecule has 120 valence electrons. The first-order valence-corrected chi connectivity index (χ1v) is 7.45. The van der Waals surface area contributed by atoms with Gasteiger partial charge in [0.2, 0.25) is 0 Å². The predicted molar refractivity (Wildman–Crippen MR) is 85.2 cm³/mol. The number of rotatable bonds is 4. The van der Waals surface area contributed by atoms with E-state index in [0.29, 0.717) is 23.7 Å². The van der Waals surface area contributed by atoms with Crippen molar-refractivity contribution in [1.82, 2.24) is 9.78 Å². The van der Waals surface area contributed by atoms with Crippen LogP contribution in [0.5, 0.6) is 0 Å². The lowest BCUT2D eigenvalue weighted by Crippen LogP contribution is -2.27. The summed E-state index contributed by atoms with van der Waals surface area (Å²) >= 11 is 0. The SMILES string of the molecule is Cn1ccc(NC(=O)c2cccc(NC(=O)C3CCCO3)c2)n1. The lowest BCUT2D eigenvalue weighted by Gasteiger charge is -2.11. The van der Waals surface area contributed by atoms with Gasteiger partial charge < -0.3 is 15.4 Å². The number of amides is 2. The molecule has 3 rings (SSSR count). The van der Waals surface area contributed by atoms with Gasteiger partial charge in [-0.2, -0.15) is 5.10 Å². The summed E-state index contributed by atoms with van der Waals surface area (Å²) in [5.41, 5.74) is 1.01. The van der Waals surface area contributed by atoms with Crippen LogP contribution in [0.2, 0.25) is 0 Å². The van der Waals surface area contributed by atoms with Crippen LogP contribution in [0, 0.1) is 0 Å². The topological polar surface area (TPSA) is 85.2 Å². The highest BCUT2D eigenvalue weighted by Gasteiger charge is 2.23. The molecule has 7 heteroatoms. The lowest BCUT2D eigenvalue weighted by atomic mass is 10.1. The van der Waals surface area contributed by atoms with E-state index in [9.17, 15) is 9.59 Å². The van der Waals surface area contributed by atoms with Crippen LogP contribution in [0.3, 0.4) is 0 Å². The number of anilines is 2. The molecule has 1 aromatic heterocycles.